The third-order valence-electron chi connectivity index (χ3n) is 6.12. The highest BCUT2D eigenvalue weighted by atomic mass is 32.1. The molecule has 1 aliphatic rings. The number of anilines is 1. The molecule has 1 atom stereocenters. The average molecular weight is 584 g/mol. The third kappa shape index (κ3) is 7.98. The number of aromatic nitrogens is 3. The normalized spacial score (nSPS) is 14.2. The van der Waals surface area contributed by atoms with Crippen molar-refractivity contribution in [3.05, 3.63) is 35.3 Å². The number of nitrogens with one attached hydrogen (secondary N) is 1. The molecule has 1 aliphatic heterocycles. The van der Waals surface area contributed by atoms with Gasteiger partial charge in [-0.25, -0.2) is 19.7 Å². The number of esters is 2. The molecule has 1 fully saturated rings. The maximum Gasteiger partial charge on any atom is 0.328 e. The summed E-state index contributed by atoms with van der Waals surface area (Å²) in [5.74, 6) is 0.272. The fraction of sp³-hybridized carbons (Fsp3) is 0.429. The van der Waals surface area contributed by atoms with E-state index in [0.29, 0.717) is 38.0 Å². The van der Waals surface area contributed by atoms with E-state index < -0.39 is 23.9 Å². The molecular formula is C28H33N5O7S. The molecule has 1 amide bonds. The van der Waals surface area contributed by atoms with Gasteiger partial charge in [-0.05, 0) is 38.5 Å². The van der Waals surface area contributed by atoms with Crippen LogP contribution in [0.3, 0.4) is 0 Å². The number of amides is 1. The van der Waals surface area contributed by atoms with Crippen LogP contribution in [0.5, 0.6) is 5.88 Å². The first kappa shape index (κ1) is 29.9. The summed E-state index contributed by atoms with van der Waals surface area (Å²) in [6, 6.07) is 4.53. The zero-order valence-corrected chi connectivity index (χ0v) is 24.1. The number of carbonyl (C=O) groups is 3. The van der Waals surface area contributed by atoms with Crippen LogP contribution in [0.25, 0.3) is 27.7 Å². The van der Waals surface area contributed by atoms with Crippen LogP contribution in [0.2, 0.25) is 0 Å². The molecule has 0 radical (unpaired) electrons. The predicted molar refractivity (Wildman–Crippen MR) is 154 cm³/mol. The number of methoxy groups -OCH3 is 1. The minimum atomic E-state index is -0.974. The molecule has 218 valence electrons. The van der Waals surface area contributed by atoms with Crippen molar-refractivity contribution in [2.24, 2.45) is 0 Å². The lowest BCUT2D eigenvalue weighted by Crippen LogP contribution is -2.41. The van der Waals surface area contributed by atoms with Gasteiger partial charge in [0.05, 0.1) is 43.8 Å². The number of ether oxygens (including phenoxy) is 4. The minimum Gasteiger partial charge on any atom is -0.481 e. The van der Waals surface area contributed by atoms with E-state index in [-0.39, 0.29) is 26.1 Å². The van der Waals surface area contributed by atoms with Crippen LogP contribution in [0.1, 0.15) is 31.6 Å². The summed E-state index contributed by atoms with van der Waals surface area (Å²) < 4.78 is 21.6. The van der Waals surface area contributed by atoms with Crippen molar-refractivity contribution < 1.29 is 33.3 Å². The second-order valence-electron chi connectivity index (χ2n) is 8.91. The van der Waals surface area contributed by atoms with Gasteiger partial charge in [-0.15, -0.1) is 11.3 Å². The number of thiophene rings is 1. The maximum atomic E-state index is 12.7. The minimum absolute atomic E-state index is 0.0212. The zero-order chi connectivity index (χ0) is 29.2. The van der Waals surface area contributed by atoms with Gasteiger partial charge in [-0.3, -0.25) is 9.59 Å². The first-order valence-corrected chi connectivity index (χ1v) is 14.2. The number of pyridine rings is 1. The lowest BCUT2D eigenvalue weighted by molar-refractivity contribution is -0.148. The number of morpholine rings is 1. The molecule has 1 saturated heterocycles. The SMILES string of the molecule is CCOC(=O)CC[C@H](NC(=O)/C=C/c1cc2nc(-c3ccc(OC)nc3)nc(N3CCOCC3)c2s1)C(=O)OCC. The van der Waals surface area contributed by atoms with Crippen LogP contribution < -0.4 is 15.0 Å². The Bertz CT molecular complexity index is 1390. The standard InChI is InChI=1S/C28H33N5O7S/c1-4-39-24(35)11-8-20(28(36)40-5-2)30-22(34)9-7-19-16-21-25(41-19)27(33-12-14-38-15-13-33)32-26(31-21)18-6-10-23(37-3)29-17-18/h6-7,9-10,16-17,20H,4-5,8,11-15H2,1-3H3,(H,30,34)/b9-7+/t20-/m0/s1. The van der Waals surface area contributed by atoms with Gasteiger partial charge >= 0.3 is 11.9 Å². The summed E-state index contributed by atoms with van der Waals surface area (Å²) in [6.45, 7) is 6.36. The fourth-order valence-corrected chi connectivity index (χ4v) is 5.15. The van der Waals surface area contributed by atoms with E-state index in [1.807, 2.05) is 12.1 Å². The smallest absolute Gasteiger partial charge is 0.328 e. The molecule has 0 bridgehead atoms. The molecule has 41 heavy (non-hydrogen) atoms. The summed E-state index contributed by atoms with van der Waals surface area (Å²) in [5.41, 5.74) is 1.48. The van der Waals surface area contributed by atoms with E-state index >= 15 is 0 Å². The summed E-state index contributed by atoms with van der Waals surface area (Å²) in [7, 11) is 1.56. The zero-order valence-electron chi connectivity index (χ0n) is 23.3. The molecule has 0 aliphatic carbocycles. The van der Waals surface area contributed by atoms with E-state index in [1.165, 1.54) is 17.4 Å². The Kier molecular flexibility index (Phi) is 10.6. The lowest BCUT2D eigenvalue weighted by Gasteiger charge is -2.28. The van der Waals surface area contributed by atoms with E-state index in [4.69, 9.17) is 28.9 Å². The number of rotatable bonds is 12. The van der Waals surface area contributed by atoms with E-state index in [9.17, 15) is 14.4 Å². The van der Waals surface area contributed by atoms with E-state index in [2.05, 4.69) is 15.2 Å². The van der Waals surface area contributed by atoms with E-state index in [0.717, 1.165) is 26.5 Å². The molecule has 3 aromatic heterocycles. The molecular weight excluding hydrogens is 550 g/mol. The molecule has 4 rings (SSSR count). The highest BCUT2D eigenvalue weighted by Crippen LogP contribution is 2.35. The highest BCUT2D eigenvalue weighted by Gasteiger charge is 2.23. The highest BCUT2D eigenvalue weighted by molar-refractivity contribution is 7.20. The van der Waals surface area contributed by atoms with Crippen molar-refractivity contribution in [2.75, 3.05) is 51.5 Å². The summed E-state index contributed by atoms with van der Waals surface area (Å²) in [4.78, 5) is 53.7. The largest absolute Gasteiger partial charge is 0.481 e. The predicted octanol–water partition coefficient (Wildman–Crippen LogP) is 3.00. The monoisotopic (exact) mass is 583 g/mol. The quantitative estimate of drug-likeness (QED) is 0.248. The van der Waals surface area contributed by atoms with Gasteiger partial charge in [-0.2, -0.15) is 0 Å². The van der Waals surface area contributed by atoms with Crippen LogP contribution in [0, 0.1) is 0 Å². The number of nitrogens with zero attached hydrogens (tertiary/aromatic N) is 4. The Balaban J connectivity index is 1.56. The van der Waals surface area contributed by atoms with Crippen molar-refractivity contribution in [3.63, 3.8) is 0 Å². The van der Waals surface area contributed by atoms with Gasteiger partial charge in [-0.1, -0.05) is 0 Å². The molecule has 3 aromatic rings. The Hall–Kier alpha value is -4.10. The first-order chi connectivity index (χ1) is 19.9. The van der Waals surface area contributed by atoms with Crippen LogP contribution in [-0.2, 0) is 28.6 Å². The molecule has 0 spiro atoms. The second kappa shape index (κ2) is 14.5. The van der Waals surface area contributed by atoms with Crippen molar-refractivity contribution in [2.45, 2.75) is 32.7 Å². The molecule has 0 saturated carbocycles. The number of fused-ring (bicyclic) bond motifs is 1. The first-order valence-electron chi connectivity index (χ1n) is 13.4. The molecule has 13 heteroatoms. The third-order valence-corrected chi connectivity index (χ3v) is 7.20. The Morgan fingerprint density at radius 3 is 2.61 bits per heavy atom. The number of hydrogen-bond donors (Lipinski definition) is 1. The summed E-state index contributed by atoms with van der Waals surface area (Å²) in [5, 5.41) is 2.64. The lowest BCUT2D eigenvalue weighted by atomic mass is 10.1. The van der Waals surface area contributed by atoms with Gasteiger partial charge in [0.25, 0.3) is 0 Å². The van der Waals surface area contributed by atoms with Crippen molar-refractivity contribution in [1.82, 2.24) is 20.3 Å². The van der Waals surface area contributed by atoms with Crippen molar-refractivity contribution in [3.8, 4) is 17.3 Å². The molecule has 12 nitrogen and oxygen atoms in total. The Morgan fingerprint density at radius 1 is 1.15 bits per heavy atom. The molecule has 4 heterocycles. The van der Waals surface area contributed by atoms with Crippen LogP contribution in [-0.4, -0.2) is 85.5 Å². The Labute approximate surface area is 241 Å². The van der Waals surface area contributed by atoms with Crippen molar-refractivity contribution in [1.29, 1.82) is 0 Å². The van der Waals surface area contributed by atoms with Gasteiger partial charge in [0, 0.05) is 48.3 Å². The summed E-state index contributed by atoms with van der Waals surface area (Å²) in [6.07, 6.45) is 4.72. The average Bonchev–Trinajstić information content (AvgIpc) is 3.41. The second-order valence-corrected chi connectivity index (χ2v) is 10.00. The Morgan fingerprint density at radius 2 is 1.93 bits per heavy atom. The maximum absolute atomic E-state index is 12.7. The van der Waals surface area contributed by atoms with E-state index in [1.54, 1.807) is 39.3 Å². The fourth-order valence-electron chi connectivity index (χ4n) is 4.13. The molecule has 0 aromatic carbocycles. The van der Waals surface area contributed by atoms with Crippen LogP contribution >= 0.6 is 11.3 Å². The van der Waals surface area contributed by atoms with Crippen LogP contribution in [0.4, 0.5) is 5.82 Å². The number of hydrogen-bond acceptors (Lipinski definition) is 12. The van der Waals surface area contributed by atoms with Crippen molar-refractivity contribution >= 4 is 51.3 Å². The topological polar surface area (TPSA) is 142 Å². The summed E-state index contributed by atoms with van der Waals surface area (Å²) >= 11 is 1.46. The van der Waals surface area contributed by atoms with Gasteiger partial charge in [0.1, 0.15) is 6.04 Å². The number of carbonyl (C=O) groups excluding carboxylic acids is 3. The van der Waals surface area contributed by atoms with Gasteiger partial charge in [0.2, 0.25) is 11.8 Å². The van der Waals surface area contributed by atoms with Gasteiger partial charge < -0.3 is 29.2 Å². The molecule has 0 unspecified atom stereocenters. The molecule has 1 N–H and O–H groups in total. The van der Waals surface area contributed by atoms with Gasteiger partial charge in [0.15, 0.2) is 11.6 Å². The van der Waals surface area contributed by atoms with Crippen LogP contribution in [0.15, 0.2) is 30.5 Å².